The number of rotatable bonds is 6. The Bertz CT molecular complexity index is 1210. The highest BCUT2D eigenvalue weighted by atomic mass is 35.6. The number of halogens is 1. The van der Waals surface area contributed by atoms with E-state index >= 15 is 0 Å². The minimum atomic E-state index is -2.83. The Morgan fingerprint density at radius 3 is 0.789 bits per heavy atom. The molecule has 0 aromatic heterocycles. The first-order chi connectivity index (χ1) is 17.1. The average molecular weight is 596 g/mol. The van der Waals surface area contributed by atoms with Crippen molar-refractivity contribution < 1.29 is 0 Å². The molecular weight excluding hydrogens is 544 g/mol. The van der Waals surface area contributed by atoms with E-state index in [1.165, 1.54) is 48.9 Å². The molecule has 0 aliphatic carbocycles. The van der Waals surface area contributed by atoms with E-state index < -0.39 is 31.6 Å². The van der Waals surface area contributed by atoms with E-state index in [1.807, 2.05) is 0 Å². The Morgan fingerprint density at radius 2 is 0.605 bits per heavy atom. The molecule has 0 N–H and O–H groups in total. The van der Waals surface area contributed by atoms with Crippen LogP contribution in [0.15, 0.2) is 36.4 Å². The summed E-state index contributed by atoms with van der Waals surface area (Å²) in [6.45, 7) is 36.0. The Hall–Kier alpha value is -1.18. The molecule has 0 aliphatic heterocycles. The highest BCUT2D eigenvalue weighted by molar-refractivity contribution is 7.40. The first kappa shape index (κ1) is 31.3. The summed E-state index contributed by atoms with van der Waals surface area (Å²) >= 11 is 8.34. The van der Waals surface area contributed by atoms with Gasteiger partial charge >= 0.3 is 0 Å². The summed E-state index contributed by atoms with van der Waals surface area (Å²) in [6.07, 6.45) is 0. The summed E-state index contributed by atoms with van der Waals surface area (Å²) in [6, 6.07) is 14.9. The molecule has 0 aliphatic rings. The fraction of sp³-hybridized carbons (Fsp3) is 0.455. The van der Waals surface area contributed by atoms with Crippen molar-refractivity contribution in [1.29, 1.82) is 0 Å². The maximum Gasteiger partial charge on any atom is 0.247 e. The van der Waals surface area contributed by atoms with Gasteiger partial charge in [0.25, 0.3) is 0 Å². The number of hydrogen-bond acceptors (Lipinski definition) is 0. The van der Waals surface area contributed by atoms with Crippen molar-refractivity contribution in [2.75, 3.05) is 0 Å². The van der Waals surface area contributed by atoms with Gasteiger partial charge in [-0.15, -0.1) is 11.1 Å². The Morgan fingerprint density at radius 1 is 0.395 bits per heavy atom. The maximum atomic E-state index is 8.34. The van der Waals surface area contributed by atoms with Gasteiger partial charge in [0.05, 0.1) is 24.2 Å². The number of hydrogen-bond donors (Lipinski definition) is 0. The number of aryl methyl sites for hydroxylation is 3. The fourth-order valence-electron chi connectivity index (χ4n) is 6.01. The van der Waals surface area contributed by atoms with Gasteiger partial charge < -0.3 is 0 Å². The molecule has 3 aromatic carbocycles. The summed E-state index contributed by atoms with van der Waals surface area (Å²) in [7, 11) is -7.53. The van der Waals surface area contributed by atoms with Gasteiger partial charge in [-0.25, -0.2) is 0 Å². The van der Waals surface area contributed by atoms with Crippen LogP contribution >= 0.6 is 11.1 Å². The lowest BCUT2D eigenvalue weighted by Crippen LogP contribution is -2.66. The molecule has 3 aromatic rings. The normalized spacial score (nSPS) is 13.3. The first-order valence-electron chi connectivity index (χ1n) is 14.2. The van der Waals surface area contributed by atoms with E-state index in [2.05, 4.69) is 137 Å². The predicted octanol–water partition coefficient (Wildman–Crippen LogP) is 6.38. The molecule has 0 spiro atoms. The molecule has 0 saturated carbocycles. The molecule has 38 heavy (non-hydrogen) atoms. The van der Waals surface area contributed by atoms with Crippen molar-refractivity contribution >= 4 is 73.8 Å². The third-order valence-corrected chi connectivity index (χ3v) is 20.2. The minimum Gasteiger partial charge on any atom is -0.149 e. The molecule has 0 bridgehead atoms. The standard InChI is InChI=1S/C33H51ClSi4/c1-22-16-28(19-31(25(22)4)35(7,8)9)38(34,29-17-23(2)26(5)32(20-29)36(10,11)12)30-18-24(3)27(6)33(21-30)37(13,14)15/h16-21H,1-15H3. The molecular formula is C33H51ClSi4. The third kappa shape index (κ3) is 5.81. The molecule has 0 atom stereocenters. The van der Waals surface area contributed by atoms with Crippen LogP contribution in [0.2, 0.25) is 58.9 Å². The predicted molar refractivity (Wildman–Crippen MR) is 187 cm³/mol. The van der Waals surface area contributed by atoms with Crippen molar-refractivity contribution in [2.24, 2.45) is 0 Å². The lowest BCUT2D eigenvalue weighted by Gasteiger charge is -2.34. The Balaban J connectivity index is 2.57. The van der Waals surface area contributed by atoms with Crippen LogP contribution in [0.3, 0.4) is 0 Å². The zero-order valence-corrected chi connectivity index (χ0v) is 31.6. The smallest absolute Gasteiger partial charge is 0.149 e. The lowest BCUT2D eigenvalue weighted by atomic mass is 10.1. The van der Waals surface area contributed by atoms with Gasteiger partial charge in [-0.3, -0.25) is 0 Å². The van der Waals surface area contributed by atoms with E-state index in [1.54, 1.807) is 15.6 Å². The minimum absolute atomic E-state index is 1.36. The van der Waals surface area contributed by atoms with Gasteiger partial charge in [0.15, 0.2) is 0 Å². The van der Waals surface area contributed by atoms with Gasteiger partial charge in [-0.1, -0.05) is 111 Å². The van der Waals surface area contributed by atoms with Gasteiger partial charge in [0.2, 0.25) is 7.38 Å². The first-order valence-corrected chi connectivity index (χ1v) is 27.7. The van der Waals surface area contributed by atoms with E-state index in [4.69, 9.17) is 11.1 Å². The van der Waals surface area contributed by atoms with E-state index in [0.29, 0.717) is 0 Å². The van der Waals surface area contributed by atoms with Gasteiger partial charge in [0, 0.05) is 0 Å². The summed E-state index contributed by atoms with van der Waals surface area (Å²) in [5.41, 5.74) is 8.48. The van der Waals surface area contributed by atoms with Gasteiger partial charge in [-0.05, 0) is 90.5 Å². The number of benzene rings is 3. The van der Waals surface area contributed by atoms with Crippen molar-refractivity contribution in [1.82, 2.24) is 0 Å². The zero-order chi connectivity index (χ0) is 29.2. The van der Waals surface area contributed by atoms with Gasteiger partial charge in [0.1, 0.15) is 0 Å². The molecule has 0 unspecified atom stereocenters. The molecule has 0 saturated heterocycles. The summed E-state index contributed by atoms with van der Waals surface area (Å²) < 4.78 is 0. The van der Waals surface area contributed by atoms with Crippen LogP contribution < -0.4 is 31.1 Å². The van der Waals surface area contributed by atoms with Crippen LogP contribution in [-0.2, 0) is 0 Å². The average Bonchev–Trinajstić information content (AvgIpc) is 2.75. The third-order valence-electron chi connectivity index (χ3n) is 8.62. The largest absolute Gasteiger partial charge is 0.247 e. The Labute approximate surface area is 243 Å². The van der Waals surface area contributed by atoms with Crippen molar-refractivity contribution in [3.63, 3.8) is 0 Å². The van der Waals surface area contributed by atoms with Crippen LogP contribution in [0, 0.1) is 41.5 Å². The molecule has 0 fully saturated rings. The van der Waals surface area contributed by atoms with Gasteiger partial charge in [-0.2, -0.15) is 0 Å². The topological polar surface area (TPSA) is 0 Å². The maximum absolute atomic E-state index is 8.34. The van der Waals surface area contributed by atoms with Crippen molar-refractivity contribution in [2.45, 2.75) is 100 Å². The second kappa shape index (κ2) is 10.3. The second-order valence-electron chi connectivity index (χ2n) is 14.8. The molecule has 0 nitrogen and oxygen atoms in total. The quantitative estimate of drug-likeness (QED) is 0.176. The molecule has 0 amide bonds. The summed E-state index contributed by atoms with van der Waals surface area (Å²) in [4.78, 5) is 0. The van der Waals surface area contributed by atoms with Crippen LogP contribution in [-0.4, -0.2) is 31.6 Å². The zero-order valence-electron chi connectivity index (χ0n) is 26.8. The van der Waals surface area contributed by atoms with Crippen LogP contribution in [0.4, 0.5) is 0 Å². The highest BCUT2D eigenvalue weighted by Crippen LogP contribution is 2.21. The lowest BCUT2D eigenvalue weighted by molar-refractivity contribution is 1.36. The fourth-order valence-corrected chi connectivity index (χ4v) is 16.4. The van der Waals surface area contributed by atoms with Crippen molar-refractivity contribution in [3.05, 3.63) is 69.8 Å². The molecule has 0 radical (unpaired) electrons. The highest BCUT2D eigenvalue weighted by Gasteiger charge is 2.41. The van der Waals surface area contributed by atoms with Crippen LogP contribution in [0.5, 0.6) is 0 Å². The molecule has 5 heteroatoms. The summed E-state index contributed by atoms with van der Waals surface area (Å²) in [5, 5.41) is 8.72. The van der Waals surface area contributed by atoms with E-state index in [0.717, 1.165) is 0 Å². The Kier molecular flexibility index (Phi) is 8.53. The second-order valence-corrected chi connectivity index (χ2v) is 34.7. The van der Waals surface area contributed by atoms with Crippen LogP contribution in [0.25, 0.3) is 0 Å². The van der Waals surface area contributed by atoms with E-state index in [-0.39, 0.29) is 0 Å². The van der Waals surface area contributed by atoms with Crippen LogP contribution in [0.1, 0.15) is 33.4 Å². The van der Waals surface area contributed by atoms with E-state index in [9.17, 15) is 0 Å². The summed E-state index contributed by atoms with van der Waals surface area (Å²) in [5.74, 6) is 0. The molecule has 0 heterocycles. The van der Waals surface area contributed by atoms with Crippen molar-refractivity contribution in [3.8, 4) is 0 Å². The molecule has 3 rings (SSSR count). The monoisotopic (exact) mass is 594 g/mol. The molecule has 206 valence electrons. The SMILES string of the molecule is Cc1cc([Si](Cl)(c2cc(C)c(C)c([Si](C)(C)C)c2)c2cc(C)c(C)c([Si](C)(C)C)c2)cc([Si](C)(C)C)c1C.